The molecule has 5 nitrogen and oxygen atoms in total. The van der Waals surface area contributed by atoms with E-state index in [2.05, 4.69) is 33.9 Å². The molecule has 0 aromatic heterocycles. The third-order valence-corrected chi connectivity index (χ3v) is 10.2. The number of hydrogen-bond donors (Lipinski definition) is 0. The third kappa shape index (κ3) is 6.18. The van der Waals surface area contributed by atoms with E-state index in [1.165, 1.54) is 0 Å². The van der Waals surface area contributed by atoms with Crippen LogP contribution in [-0.4, -0.2) is 45.3 Å². The molecular weight excluding hydrogens is 358 g/mol. The van der Waals surface area contributed by atoms with Crippen LogP contribution >= 0.6 is 0 Å². The zero-order valence-electron chi connectivity index (χ0n) is 17.2. The maximum atomic E-state index is 12.5. The lowest BCUT2D eigenvalue weighted by molar-refractivity contribution is -0.113. The van der Waals surface area contributed by atoms with Gasteiger partial charge in [0.1, 0.15) is 12.9 Å². The Morgan fingerprint density at radius 3 is 2.48 bits per heavy atom. The highest BCUT2D eigenvalue weighted by atomic mass is 28.4. The zero-order valence-corrected chi connectivity index (χ0v) is 18.2. The summed E-state index contributed by atoms with van der Waals surface area (Å²) in [5, 5.41) is 0.139. The van der Waals surface area contributed by atoms with E-state index in [0.29, 0.717) is 19.7 Å². The maximum absolute atomic E-state index is 12.5. The first-order valence-corrected chi connectivity index (χ1v) is 12.6. The Morgan fingerprint density at radius 1 is 1.22 bits per heavy atom. The molecule has 1 heterocycles. The number of aldehydes is 1. The molecule has 1 amide bonds. The largest absolute Gasteiger partial charge is 0.445 e. The van der Waals surface area contributed by atoms with Crippen LogP contribution in [0.5, 0.6) is 0 Å². The van der Waals surface area contributed by atoms with Gasteiger partial charge in [0, 0.05) is 25.6 Å². The molecule has 2 rings (SSSR count). The summed E-state index contributed by atoms with van der Waals surface area (Å²) in [5.41, 5.74) is 0.951. The molecule has 1 aromatic rings. The highest BCUT2D eigenvalue weighted by Gasteiger charge is 2.39. The summed E-state index contributed by atoms with van der Waals surface area (Å²) in [6.07, 6.45) is 1.36. The normalized spacial score (nSPS) is 21.0. The summed E-state index contributed by atoms with van der Waals surface area (Å²) in [6.45, 7) is 12.9. The highest BCUT2D eigenvalue weighted by molar-refractivity contribution is 6.74. The molecule has 2 unspecified atom stereocenters. The standard InChI is InChI=1S/C21H33NO4Si/c1-21(2,3)27(4,5)26-16-19-11-18(14-23)12-22(13-19)20(24)25-15-17-9-7-6-8-10-17/h6-10,14,18-19H,11-13,15-16H2,1-5H3. The Bertz CT molecular complexity index is 627. The van der Waals surface area contributed by atoms with Crippen LogP contribution in [0, 0.1) is 11.8 Å². The molecule has 0 spiro atoms. The molecule has 0 bridgehead atoms. The van der Waals surface area contributed by atoms with Gasteiger partial charge in [-0.15, -0.1) is 0 Å². The number of amides is 1. The van der Waals surface area contributed by atoms with Crippen LogP contribution in [0.1, 0.15) is 32.8 Å². The second-order valence-corrected chi connectivity index (χ2v) is 13.8. The van der Waals surface area contributed by atoms with Crippen LogP contribution in [0.15, 0.2) is 30.3 Å². The lowest BCUT2D eigenvalue weighted by Gasteiger charge is -2.40. The SMILES string of the molecule is CC(C)(C)[Si](C)(C)OCC1CC(C=O)CN(C(=O)OCc2ccccc2)C1. The molecule has 1 aromatic carbocycles. The third-order valence-electron chi connectivity index (χ3n) is 5.71. The quantitative estimate of drug-likeness (QED) is 0.530. The van der Waals surface area contributed by atoms with Crippen LogP contribution in [0.3, 0.4) is 0 Å². The zero-order chi connectivity index (χ0) is 20.1. The smallest absolute Gasteiger partial charge is 0.410 e. The monoisotopic (exact) mass is 391 g/mol. The van der Waals surface area contributed by atoms with Crippen LogP contribution in [0.2, 0.25) is 18.1 Å². The molecule has 2 atom stereocenters. The van der Waals surface area contributed by atoms with Crippen molar-refractivity contribution in [2.24, 2.45) is 11.8 Å². The Balaban J connectivity index is 1.93. The van der Waals surface area contributed by atoms with E-state index in [1.807, 2.05) is 30.3 Å². The molecule has 0 aliphatic carbocycles. The number of rotatable bonds is 6. The van der Waals surface area contributed by atoms with Crippen molar-refractivity contribution in [3.63, 3.8) is 0 Å². The number of hydrogen-bond acceptors (Lipinski definition) is 4. The van der Waals surface area contributed by atoms with Gasteiger partial charge >= 0.3 is 6.09 Å². The van der Waals surface area contributed by atoms with Crippen molar-refractivity contribution < 1.29 is 18.8 Å². The summed E-state index contributed by atoms with van der Waals surface area (Å²) >= 11 is 0. The second-order valence-electron chi connectivity index (χ2n) is 9.01. The van der Waals surface area contributed by atoms with Gasteiger partial charge < -0.3 is 18.9 Å². The maximum Gasteiger partial charge on any atom is 0.410 e. The van der Waals surface area contributed by atoms with E-state index in [9.17, 15) is 9.59 Å². The van der Waals surface area contributed by atoms with E-state index in [0.717, 1.165) is 18.3 Å². The van der Waals surface area contributed by atoms with Gasteiger partial charge in [0.05, 0.1) is 0 Å². The van der Waals surface area contributed by atoms with E-state index < -0.39 is 8.32 Å². The Labute approximate surface area is 164 Å². The minimum Gasteiger partial charge on any atom is -0.445 e. The van der Waals surface area contributed by atoms with Crippen molar-refractivity contribution in [1.29, 1.82) is 0 Å². The summed E-state index contributed by atoms with van der Waals surface area (Å²) < 4.78 is 11.8. The van der Waals surface area contributed by atoms with Crippen molar-refractivity contribution in [1.82, 2.24) is 4.90 Å². The first kappa shape index (κ1) is 21.6. The summed E-state index contributed by atoms with van der Waals surface area (Å²) in [6, 6.07) is 9.61. The lowest BCUT2D eigenvalue weighted by atomic mass is 9.91. The van der Waals surface area contributed by atoms with Gasteiger partial charge in [0.2, 0.25) is 0 Å². The van der Waals surface area contributed by atoms with Crippen LogP contribution in [-0.2, 0) is 20.6 Å². The van der Waals surface area contributed by atoms with Gasteiger partial charge in [0.15, 0.2) is 8.32 Å². The predicted molar refractivity (Wildman–Crippen MR) is 109 cm³/mol. The van der Waals surface area contributed by atoms with Gasteiger partial charge in [-0.05, 0) is 36.0 Å². The van der Waals surface area contributed by atoms with Crippen LogP contribution in [0.4, 0.5) is 4.79 Å². The van der Waals surface area contributed by atoms with Crippen molar-refractivity contribution >= 4 is 20.7 Å². The van der Waals surface area contributed by atoms with E-state index in [1.54, 1.807) is 4.90 Å². The fourth-order valence-electron chi connectivity index (χ4n) is 2.97. The molecule has 0 N–H and O–H groups in total. The average Bonchev–Trinajstić information content (AvgIpc) is 2.64. The number of carbonyl (C=O) groups is 2. The van der Waals surface area contributed by atoms with Gasteiger partial charge in [-0.2, -0.15) is 0 Å². The molecular formula is C21H33NO4Si. The number of ether oxygens (including phenoxy) is 1. The van der Waals surface area contributed by atoms with Crippen LogP contribution in [0.25, 0.3) is 0 Å². The summed E-state index contributed by atoms with van der Waals surface area (Å²) in [7, 11) is -1.85. The molecule has 1 saturated heterocycles. The van der Waals surface area contributed by atoms with Crippen molar-refractivity contribution in [3.05, 3.63) is 35.9 Å². The number of carbonyl (C=O) groups excluding carboxylic acids is 2. The fraction of sp³-hybridized carbons (Fsp3) is 0.619. The predicted octanol–water partition coefficient (Wildman–Crippen LogP) is 4.48. The van der Waals surface area contributed by atoms with Gasteiger partial charge in [-0.25, -0.2) is 4.79 Å². The molecule has 0 saturated carbocycles. The number of piperidine rings is 1. The summed E-state index contributed by atoms with van der Waals surface area (Å²) in [5.74, 6) is 0.00314. The van der Waals surface area contributed by atoms with E-state index in [-0.39, 0.29) is 29.6 Å². The Morgan fingerprint density at radius 2 is 1.89 bits per heavy atom. The molecule has 27 heavy (non-hydrogen) atoms. The molecule has 1 fully saturated rings. The first-order chi connectivity index (χ1) is 12.6. The lowest BCUT2D eigenvalue weighted by Crippen LogP contribution is -2.48. The van der Waals surface area contributed by atoms with E-state index in [4.69, 9.17) is 9.16 Å². The minimum atomic E-state index is -1.85. The fourth-order valence-corrected chi connectivity index (χ4v) is 4.05. The molecule has 0 radical (unpaired) electrons. The molecule has 1 aliphatic rings. The van der Waals surface area contributed by atoms with Gasteiger partial charge in [-0.1, -0.05) is 51.1 Å². The molecule has 1 aliphatic heterocycles. The summed E-state index contributed by atoms with van der Waals surface area (Å²) in [4.78, 5) is 25.6. The average molecular weight is 392 g/mol. The second kappa shape index (κ2) is 9.02. The van der Waals surface area contributed by atoms with Gasteiger partial charge in [0.25, 0.3) is 0 Å². The van der Waals surface area contributed by atoms with Gasteiger partial charge in [-0.3, -0.25) is 0 Å². The van der Waals surface area contributed by atoms with Crippen molar-refractivity contribution in [2.75, 3.05) is 19.7 Å². The number of benzene rings is 1. The Kier molecular flexibility index (Phi) is 7.23. The Hall–Kier alpha value is -1.66. The van der Waals surface area contributed by atoms with Crippen LogP contribution < -0.4 is 0 Å². The highest BCUT2D eigenvalue weighted by Crippen LogP contribution is 2.37. The number of likely N-dealkylation sites (tertiary alicyclic amines) is 1. The molecule has 150 valence electrons. The van der Waals surface area contributed by atoms with E-state index >= 15 is 0 Å². The minimum absolute atomic E-state index is 0.139. The topological polar surface area (TPSA) is 55.8 Å². The number of nitrogens with zero attached hydrogens (tertiary/aromatic N) is 1. The first-order valence-electron chi connectivity index (χ1n) is 9.67. The van der Waals surface area contributed by atoms with Crippen molar-refractivity contribution in [2.45, 2.75) is 51.9 Å². The molecule has 6 heteroatoms. The van der Waals surface area contributed by atoms with Crippen molar-refractivity contribution in [3.8, 4) is 0 Å².